The number of rotatable bonds is 0. The Kier molecular flexibility index (Phi) is 1.34. The van der Waals surface area contributed by atoms with E-state index in [-0.39, 0.29) is 5.69 Å². The number of hydrogen-bond acceptors (Lipinski definition) is 3. The zero-order chi connectivity index (χ0) is 5.98. The molecule has 1 aromatic heterocycles. The summed E-state index contributed by atoms with van der Waals surface area (Å²) in [6, 6.07) is 0. The monoisotopic (exact) mass is 128 g/mol. The van der Waals surface area contributed by atoms with E-state index in [0.29, 0.717) is 4.90 Å². The SMILES string of the molecule is O=c1ncc(S)c[nH]1. The molecule has 0 saturated heterocycles. The molecule has 0 unspecified atom stereocenters. The van der Waals surface area contributed by atoms with Crippen molar-refractivity contribution in [2.45, 2.75) is 4.90 Å². The minimum atomic E-state index is -0.345. The van der Waals surface area contributed by atoms with Crippen LogP contribution in [0.4, 0.5) is 0 Å². The van der Waals surface area contributed by atoms with Gasteiger partial charge in [-0.15, -0.1) is 12.6 Å². The van der Waals surface area contributed by atoms with Gasteiger partial charge in [0.2, 0.25) is 0 Å². The molecule has 0 bridgehead atoms. The molecule has 0 fully saturated rings. The van der Waals surface area contributed by atoms with E-state index < -0.39 is 0 Å². The average molecular weight is 128 g/mol. The van der Waals surface area contributed by atoms with Gasteiger partial charge in [-0.05, 0) is 0 Å². The van der Waals surface area contributed by atoms with Crippen molar-refractivity contribution in [3.63, 3.8) is 0 Å². The molecule has 0 aromatic carbocycles. The summed E-state index contributed by atoms with van der Waals surface area (Å²) in [6.45, 7) is 0. The molecule has 0 spiro atoms. The van der Waals surface area contributed by atoms with Crippen molar-refractivity contribution >= 4 is 12.6 Å². The number of aromatic nitrogens is 2. The van der Waals surface area contributed by atoms with Gasteiger partial charge in [0.1, 0.15) is 0 Å². The standard InChI is InChI=1S/C4H4N2OS/c7-4-5-1-3(8)2-6-4/h1-2,8H,(H,5,6,7). The quantitative estimate of drug-likeness (QED) is 0.485. The molecule has 0 atom stereocenters. The van der Waals surface area contributed by atoms with E-state index in [1.807, 2.05) is 0 Å². The number of nitrogens with zero attached hydrogens (tertiary/aromatic N) is 1. The number of nitrogens with one attached hydrogen (secondary N) is 1. The van der Waals surface area contributed by atoms with Crippen LogP contribution in [0.25, 0.3) is 0 Å². The summed E-state index contributed by atoms with van der Waals surface area (Å²) in [6.07, 6.45) is 2.88. The van der Waals surface area contributed by atoms with Crippen LogP contribution in [0.15, 0.2) is 22.1 Å². The van der Waals surface area contributed by atoms with Crippen molar-refractivity contribution in [2.75, 3.05) is 0 Å². The fourth-order valence-electron chi connectivity index (χ4n) is 0.335. The molecule has 42 valence electrons. The Morgan fingerprint density at radius 3 is 2.88 bits per heavy atom. The summed E-state index contributed by atoms with van der Waals surface area (Å²) >= 11 is 3.90. The molecule has 1 aromatic rings. The van der Waals surface area contributed by atoms with Crippen LogP contribution in [-0.4, -0.2) is 9.97 Å². The zero-order valence-corrected chi connectivity index (χ0v) is 4.85. The first-order valence-corrected chi connectivity index (χ1v) is 2.47. The van der Waals surface area contributed by atoms with Crippen LogP contribution < -0.4 is 5.69 Å². The molecule has 1 heterocycles. The van der Waals surface area contributed by atoms with Gasteiger partial charge in [-0.3, -0.25) is 0 Å². The van der Waals surface area contributed by atoms with Crippen molar-refractivity contribution in [1.82, 2.24) is 9.97 Å². The Bertz CT molecular complexity index is 211. The smallest absolute Gasteiger partial charge is 0.312 e. The van der Waals surface area contributed by atoms with Gasteiger partial charge in [0.15, 0.2) is 0 Å². The highest BCUT2D eigenvalue weighted by Crippen LogP contribution is 1.93. The highest BCUT2D eigenvalue weighted by molar-refractivity contribution is 7.80. The van der Waals surface area contributed by atoms with E-state index in [0.717, 1.165) is 0 Å². The van der Waals surface area contributed by atoms with Gasteiger partial charge in [-0.1, -0.05) is 0 Å². The van der Waals surface area contributed by atoms with Crippen LogP contribution >= 0.6 is 12.6 Å². The molecule has 3 nitrogen and oxygen atoms in total. The molecule has 8 heavy (non-hydrogen) atoms. The maximum absolute atomic E-state index is 10.2. The number of hydrogen-bond donors (Lipinski definition) is 2. The predicted molar refractivity (Wildman–Crippen MR) is 32.1 cm³/mol. The Balaban J connectivity index is 3.22. The summed E-state index contributed by atoms with van der Waals surface area (Å²) < 4.78 is 0. The van der Waals surface area contributed by atoms with E-state index in [4.69, 9.17) is 0 Å². The molecule has 0 radical (unpaired) electrons. The molecular formula is C4H4N2OS. The van der Waals surface area contributed by atoms with Crippen molar-refractivity contribution in [3.05, 3.63) is 22.9 Å². The Labute approximate surface area is 51.2 Å². The highest BCUT2D eigenvalue weighted by atomic mass is 32.1. The third-order valence-electron chi connectivity index (χ3n) is 0.658. The molecular weight excluding hydrogens is 124 g/mol. The summed E-state index contributed by atoms with van der Waals surface area (Å²) in [4.78, 5) is 16.6. The number of aromatic amines is 1. The molecule has 0 aliphatic heterocycles. The van der Waals surface area contributed by atoms with Crippen molar-refractivity contribution in [1.29, 1.82) is 0 Å². The normalized spacial score (nSPS) is 9.12. The lowest BCUT2D eigenvalue weighted by Crippen LogP contribution is -2.06. The van der Waals surface area contributed by atoms with Gasteiger partial charge < -0.3 is 4.98 Å². The van der Waals surface area contributed by atoms with E-state index in [1.165, 1.54) is 12.4 Å². The van der Waals surface area contributed by atoms with Gasteiger partial charge in [0.25, 0.3) is 0 Å². The van der Waals surface area contributed by atoms with Crippen LogP contribution in [-0.2, 0) is 0 Å². The maximum atomic E-state index is 10.2. The average Bonchev–Trinajstić information content (AvgIpc) is 1.77. The topological polar surface area (TPSA) is 45.8 Å². The first-order valence-electron chi connectivity index (χ1n) is 2.03. The second-order valence-corrected chi connectivity index (χ2v) is 1.79. The first kappa shape index (κ1) is 5.37. The Morgan fingerprint density at radius 2 is 2.50 bits per heavy atom. The largest absolute Gasteiger partial charge is 0.344 e. The van der Waals surface area contributed by atoms with E-state index in [2.05, 4.69) is 22.6 Å². The minimum Gasteiger partial charge on any atom is -0.312 e. The van der Waals surface area contributed by atoms with Gasteiger partial charge in [0, 0.05) is 17.3 Å². The van der Waals surface area contributed by atoms with Gasteiger partial charge in [0.05, 0.1) is 0 Å². The summed E-state index contributed by atoms with van der Waals surface area (Å²) in [5.41, 5.74) is -0.345. The van der Waals surface area contributed by atoms with Crippen molar-refractivity contribution in [2.24, 2.45) is 0 Å². The molecule has 0 aliphatic carbocycles. The summed E-state index contributed by atoms with van der Waals surface area (Å²) in [7, 11) is 0. The van der Waals surface area contributed by atoms with Crippen LogP contribution in [0, 0.1) is 0 Å². The van der Waals surface area contributed by atoms with E-state index in [9.17, 15) is 4.79 Å². The molecule has 1 N–H and O–H groups in total. The second-order valence-electron chi connectivity index (χ2n) is 1.28. The third kappa shape index (κ3) is 1.10. The molecule has 4 heteroatoms. The lowest BCUT2D eigenvalue weighted by molar-refractivity contribution is 1.03. The van der Waals surface area contributed by atoms with Crippen LogP contribution in [0.2, 0.25) is 0 Å². The van der Waals surface area contributed by atoms with Crippen LogP contribution in [0.3, 0.4) is 0 Å². The predicted octanol–water partition coefficient (Wildman–Crippen LogP) is 0.0586. The zero-order valence-electron chi connectivity index (χ0n) is 3.96. The van der Waals surface area contributed by atoms with E-state index in [1.54, 1.807) is 0 Å². The lowest BCUT2D eigenvalue weighted by atomic mass is 10.7. The second kappa shape index (κ2) is 2.00. The number of thiol groups is 1. The van der Waals surface area contributed by atoms with Gasteiger partial charge in [-0.2, -0.15) is 0 Å². The minimum absolute atomic E-state index is 0.345. The van der Waals surface area contributed by atoms with Crippen molar-refractivity contribution in [3.8, 4) is 0 Å². The van der Waals surface area contributed by atoms with Gasteiger partial charge in [-0.25, -0.2) is 9.78 Å². The Morgan fingerprint density at radius 1 is 1.75 bits per heavy atom. The fourth-order valence-corrected chi connectivity index (χ4v) is 0.457. The van der Waals surface area contributed by atoms with Crippen LogP contribution in [0.5, 0.6) is 0 Å². The molecule has 0 amide bonds. The maximum Gasteiger partial charge on any atom is 0.344 e. The van der Waals surface area contributed by atoms with Crippen LogP contribution in [0.1, 0.15) is 0 Å². The molecule has 0 aliphatic rings. The first-order chi connectivity index (χ1) is 3.79. The number of H-pyrrole nitrogens is 1. The third-order valence-corrected chi connectivity index (χ3v) is 0.902. The van der Waals surface area contributed by atoms with Crippen molar-refractivity contribution < 1.29 is 0 Å². The summed E-state index contributed by atoms with van der Waals surface area (Å²) in [5, 5.41) is 0. The van der Waals surface area contributed by atoms with Gasteiger partial charge >= 0.3 is 5.69 Å². The van der Waals surface area contributed by atoms with E-state index >= 15 is 0 Å². The molecule has 1 rings (SSSR count). The fraction of sp³-hybridized carbons (Fsp3) is 0. The Hall–Kier alpha value is -0.770. The lowest BCUT2D eigenvalue weighted by Gasteiger charge is -1.82. The summed E-state index contributed by atoms with van der Waals surface area (Å²) in [5.74, 6) is 0. The molecule has 0 saturated carbocycles. The highest BCUT2D eigenvalue weighted by Gasteiger charge is 1.81.